The van der Waals surface area contributed by atoms with Gasteiger partial charge in [-0.25, -0.2) is 9.50 Å². The molecule has 0 atom stereocenters. The smallest absolute Gasteiger partial charge is 0.261 e. The largest absolute Gasteiger partial charge is 0.454 e. The second kappa shape index (κ2) is 4.99. The van der Waals surface area contributed by atoms with Crippen molar-refractivity contribution in [3.63, 3.8) is 0 Å². The van der Waals surface area contributed by atoms with Gasteiger partial charge in [-0.05, 0) is 28.1 Å². The number of amides is 1. The highest BCUT2D eigenvalue weighted by atomic mass is 79.9. The number of fused-ring (bicyclic) bond motifs is 2. The van der Waals surface area contributed by atoms with Gasteiger partial charge in [-0.15, -0.1) is 0 Å². The number of carbonyl (C=O) groups excluding carboxylic acids is 1. The number of benzene rings is 1. The number of hydrogen-bond donors (Lipinski definition) is 1. The summed E-state index contributed by atoms with van der Waals surface area (Å²) in [5, 5.41) is 6.92. The predicted molar refractivity (Wildman–Crippen MR) is 81.2 cm³/mol. The van der Waals surface area contributed by atoms with Crippen molar-refractivity contribution in [2.75, 3.05) is 12.1 Å². The lowest BCUT2D eigenvalue weighted by atomic mass is 10.2. The van der Waals surface area contributed by atoms with E-state index in [4.69, 9.17) is 9.47 Å². The highest BCUT2D eigenvalue weighted by Gasteiger charge is 2.17. The molecule has 8 heteroatoms. The van der Waals surface area contributed by atoms with Crippen LogP contribution >= 0.6 is 15.9 Å². The molecule has 3 aromatic rings. The van der Waals surface area contributed by atoms with Crippen molar-refractivity contribution >= 4 is 33.2 Å². The molecule has 7 nitrogen and oxygen atoms in total. The van der Waals surface area contributed by atoms with Gasteiger partial charge in [0.1, 0.15) is 5.56 Å². The first-order valence-electron chi connectivity index (χ1n) is 6.40. The Kier molecular flexibility index (Phi) is 2.97. The van der Waals surface area contributed by atoms with Crippen molar-refractivity contribution in [1.82, 2.24) is 14.6 Å². The molecule has 0 spiro atoms. The fourth-order valence-electron chi connectivity index (χ4n) is 2.18. The third-order valence-corrected chi connectivity index (χ3v) is 3.61. The zero-order chi connectivity index (χ0) is 15.1. The van der Waals surface area contributed by atoms with Gasteiger partial charge in [0, 0.05) is 24.1 Å². The van der Waals surface area contributed by atoms with Gasteiger partial charge in [0.2, 0.25) is 6.79 Å². The number of hydrogen-bond acceptors (Lipinski definition) is 5. The van der Waals surface area contributed by atoms with Gasteiger partial charge in [-0.1, -0.05) is 0 Å². The third-order valence-electron chi connectivity index (χ3n) is 3.20. The molecule has 0 saturated carbocycles. The Morgan fingerprint density at radius 3 is 3.05 bits per heavy atom. The zero-order valence-electron chi connectivity index (χ0n) is 11.1. The van der Waals surface area contributed by atoms with Crippen LogP contribution in [0.1, 0.15) is 10.4 Å². The van der Waals surface area contributed by atoms with Crippen molar-refractivity contribution in [2.24, 2.45) is 0 Å². The van der Waals surface area contributed by atoms with Gasteiger partial charge < -0.3 is 14.8 Å². The number of carbonyl (C=O) groups is 1. The fourth-order valence-corrected chi connectivity index (χ4v) is 2.48. The van der Waals surface area contributed by atoms with E-state index in [-0.39, 0.29) is 12.7 Å². The molecular formula is C14H9BrN4O3. The Balaban J connectivity index is 1.63. The van der Waals surface area contributed by atoms with Gasteiger partial charge >= 0.3 is 0 Å². The first-order chi connectivity index (χ1) is 10.7. The summed E-state index contributed by atoms with van der Waals surface area (Å²) in [6.07, 6.45) is 4.84. The summed E-state index contributed by atoms with van der Waals surface area (Å²) < 4.78 is 12.8. The van der Waals surface area contributed by atoms with Crippen molar-refractivity contribution in [2.45, 2.75) is 0 Å². The van der Waals surface area contributed by atoms with Crippen molar-refractivity contribution in [1.29, 1.82) is 0 Å². The highest BCUT2D eigenvalue weighted by Crippen LogP contribution is 2.34. The number of nitrogens with one attached hydrogen (secondary N) is 1. The molecule has 1 N–H and O–H groups in total. The highest BCUT2D eigenvalue weighted by molar-refractivity contribution is 9.10. The summed E-state index contributed by atoms with van der Waals surface area (Å²) in [5.41, 5.74) is 1.50. The molecule has 3 heterocycles. The normalized spacial score (nSPS) is 12.6. The quantitative estimate of drug-likeness (QED) is 0.759. The minimum absolute atomic E-state index is 0.194. The fraction of sp³-hybridized carbons (Fsp3) is 0.0714. The van der Waals surface area contributed by atoms with Crippen LogP contribution in [0, 0.1) is 0 Å². The van der Waals surface area contributed by atoms with E-state index in [0.717, 1.165) is 4.47 Å². The van der Waals surface area contributed by atoms with Gasteiger partial charge in [0.15, 0.2) is 17.1 Å². The van der Waals surface area contributed by atoms with Crippen LogP contribution in [0.15, 0.2) is 41.3 Å². The van der Waals surface area contributed by atoms with Crippen LogP contribution < -0.4 is 14.8 Å². The van der Waals surface area contributed by atoms with E-state index in [1.54, 1.807) is 35.1 Å². The summed E-state index contributed by atoms with van der Waals surface area (Å²) in [4.78, 5) is 16.6. The molecule has 0 fully saturated rings. The average Bonchev–Trinajstić information content (AvgIpc) is 3.12. The molecule has 22 heavy (non-hydrogen) atoms. The minimum atomic E-state index is -0.288. The van der Waals surface area contributed by atoms with E-state index >= 15 is 0 Å². The standard InChI is InChI=1S/C14H9BrN4O3/c15-8-4-16-13-10(5-17-19(13)6-8)14(20)18-9-1-2-11-12(3-9)22-7-21-11/h1-6H,7H2,(H,18,20). The first kappa shape index (κ1) is 13.1. The molecule has 4 rings (SSSR count). The summed E-state index contributed by atoms with van der Waals surface area (Å²) >= 11 is 3.31. The Hall–Kier alpha value is -2.61. The molecule has 1 aliphatic heterocycles. The molecule has 0 aliphatic carbocycles. The Labute approximate surface area is 133 Å². The molecule has 0 unspecified atom stereocenters. The molecule has 1 aromatic carbocycles. The van der Waals surface area contributed by atoms with Crippen molar-refractivity contribution < 1.29 is 14.3 Å². The van der Waals surface area contributed by atoms with Crippen LogP contribution in [-0.2, 0) is 0 Å². The van der Waals surface area contributed by atoms with Crippen LogP contribution in [-0.4, -0.2) is 27.3 Å². The van der Waals surface area contributed by atoms with E-state index in [9.17, 15) is 4.79 Å². The van der Waals surface area contributed by atoms with Crippen LogP contribution in [0.25, 0.3) is 5.65 Å². The molecule has 0 bridgehead atoms. The lowest BCUT2D eigenvalue weighted by Crippen LogP contribution is -2.12. The number of rotatable bonds is 2. The van der Waals surface area contributed by atoms with Crippen LogP contribution in [0.5, 0.6) is 11.5 Å². The van der Waals surface area contributed by atoms with Crippen molar-refractivity contribution in [3.8, 4) is 11.5 Å². The van der Waals surface area contributed by atoms with Crippen LogP contribution in [0.4, 0.5) is 5.69 Å². The van der Waals surface area contributed by atoms with Gasteiger partial charge in [-0.3, -0.25) is 4.79 Å². The Bertz CT molecular complexity index is 893. The number of aromatic nitrogens is 3. The van der Waals surface area contributed by atoms with Crippen molar-refractivity contribution in [3.05, 3.63) is 46.8 Å². The molecule has 1 aliphatic rings. The summed E-state index contributed by atoms with van der Waals surface area (Å²) in [7, 11) is 0. The molecule has 0 radical (unpaired) electrons. The SMILES string of the molecule is O=C(Nc1ccc2c(c1)OCO2)c1cnn2cc(Br)cnc12. The lowest BCUT2D eigenvalue weighted by molar-refractivity contribution is 0.102. The van der Waals surface area contributed by atoms with E-state index < -0.39 is 0 Å². The van der Waals surface area contributed by atoms with E-state index in [0.29, 0.717) is 28.4 Å². The molecular weight excluding hydrogens is 352 g/mol. The predicted octanol–water partition coefficient (Wildman–Crippen LogP) is 2.47. The summed E-state index contributed by atoms with van der Waals surface area (Å²) in [6, 6.07) is 5.22. The molecule has 0 saturated heterocycles. The lowest BCUT2D eigenvalue weighted by Gasteiger charge is -2.05. The minimum Gasteiger partial charge on any atom is -0.454 e. The number of ether oxygens (including phenoxy) is 2. The van der Waals surface area contributed by atoms with Gasteiger partial charge in [0.25, 0.3) is 5.91 Å². The maximum absolute atomic E-state index is 12.4. The maximum Gasteiger partial charge on any atom is 0.261 e. The third kappa shape index (κ3) is 2.17. The van der Waals surface area contributed by atoms with E-state index in [1.807, 2.05) is 0 Å². The topological polar surface area (TPSA) is 77.8 Å². The monoisotopic (exact) mass is 360 g/mol. The number of halogens is 1. The molecule has 1 amide bonds. The first-order valence-corrected chi connectivity index (χ1v) is 7.20. The Morgan fingerprint density at radius 1 is 1.27 bits per heavy atom. The number of anilines is 1. The number of nitrogens with zero attached hydrogens (tertiary/aromatic N) is 3. The second-order valence-corrected chi connectivity index (χ2v) is 5.54. The summed E-state index contributed by atoms with van der Waals surface area (Å²) in [5.74, 6) is 0.990. The van der Waals surface area contributed by atoms with Crippen LogP contribution in [0.2, 0.25) is 0 Å². The van der Waals surface area contributed by atoms with Gasteiger partial charge in [0.05, 0.1) is 10.7 Å². The summed E-state index contributed by atoms with van der Waals surface area (Å²) in [6.45, 7) is 0.194. The van der Waals surface area contributed by atoms with E-state index in [2.05, 4.69) is 31.3 Å². The molecule has 2 aromatic heterocycles. The maximum atomic E-state index is 12.4. The van der Waals surface area contributed by atoms with E-state index in [1.165, 1.54) is 6.20 Å². The van der Waals surface area contributed by atoms with Crippen LogP contribution in [0.3, 0.4) is 0 Å². The average molecular weight is 361 g/mol. The Morgan fingerprint density at radius 2 is 2.14 bits per heavy atom. The van der Waals surface area contributed by atoms with Gasteiger partial charge in [-0.2, -0.15) is 5.10 Å². The molecule has 110 valence electrons. The second-order valence-electron chi connectivity index (χ2n) is 4.62. The zero-order valence-corrected chi connectivity index (χ0v) is 12.7.